The summed E-state index contributed by atoms with van der Waals surface area (Å²) >= 11 is 0. The molecule has 0 spiro atoms. The quantitative estimate of drug-likeness (QED) is 0.585. The van der Waals surface area contributed by atoms with E-state index in [1.807, 2.05) is 31.2 Å². The largest absolute Gasteiger partial charge is 0.468 e. The van der Waals surface area contributed by atoms with Gasteiger partial charge in [-0.05, 0) is 25.3 Å². The zero-order valence-corrected chi connectivity index (χ0v) is 12.6. The molecule has 0 radical (unpaired) electrons. The minimum atomic E-state index is -0.825. The number of rotatable bonds is 8. The molecule has 0 aliphatic rings. The summed E-state index contributed by atoms with van der Waals surface area (Å²) in [6.07, 6.45) is 1.48. The molecule has 1 atom stereocenters. The molecule has 1 rings (SSSR count). The third kappa shape index (κ3) is 3.81. The van der Waals surface area contributed by atoms with Crippen LogP contribution in [0, 0.1) is 6.92 Å². The molecule has 0 bridgehead atoms. The van der Waals surface area contributed by atoms with E-state index in [0.717, 1.165) is 17.5 Å². The van der Waals surface area contributed by atoms with Crippen molar-refractivity contribution in [2.45, 2.75) is 32.1 Å². The average molecular weight is 279 g/mol. The van der Waals surface area contributed by atoms with Crippen molar-refractivity contribution in [1.29, 1.82) is 0 Å². The minimum absolute atomic E-state index is 0.207. The number of hydrogen-bond donors (Lipinski definition) is 1. The van der Waals surface area contributed by atoms with Gasteiger partial charge in [-0.2, -0.15) is 0 Å². The minimum Gasteiger partial charge on any atom is -0.468 e. The number of nitrogens with two attached hydrogens (primary N) is 1. The first-order valence-electron chi connectivity index (χ1n) is 7.04. The van der Waals surface area contributed by atoms with E-state index in [2.05, 4.69) is 6.92 Å². The number of ether oxygens (including phenoxy) is 2. The molecule has 0 saturated heterocycles. The van der Waals surface area contributed by atoms with E-state index >= 15 is 0 Å². The maximum absolute atomic E-state index is 12.3. The van der Waals surface area contributed by atoms with Crippen LogP contribution in [0.1, 0.15) is 30.9 Å². The fraction of sp³-hybridized carbons (Fsp3) is 0.562. The highest BCUT2D eigenvalue weighted by Gasteiger charge is 2.40. The van der Waals surface area contributed by atoms with Crippen LogP contribution in [-0.4, -0.2) is 32.8 Å². The van der Waals surface area contributed by atoms with Gasteiger partial charge in [0.2, 0.25) is 0 Å². The number of methoxy groups -OCH3 is 1. The zero-order chi connectivity index (χ0) is 15.0. The van der Waals surface area contributed by atoms with Crippen LogP contribution in [-0.2, 0) is 19.7 Å². The van der Waals surface area contributed by atoms with Gasteiger partial charge in [0.1, 0.15) is 5.41 Å². The molecular formula is C16H25NO3. The molecule has 1 unspecified atom stereocenters. The molecule has 4 nitrogen and oxygen atoms in total. The first kappa shape index (κ1) is 16.7. The summed E-state index contributed by atoms with van der Waals surface area (Å²) in [5.74, 6) is -0.300. The summed E-state index contributed by atoms with van der Waals surface area (Å²) < 4.78 is 10.5. The molecule has 4 heteroatoms. The van der Waals surface area contributed by atoms with Gasteiger partial charge in [0, 0.05) is 19.8 Å². The van der Waals surface area contributed by atoms with Gasteiger partial charge in [0.05, 0.1) is 7.11 Å². The summed E-state index contributed by atoms with van der Waals surface area (Å²) in [4.78, 5) is 12.3. The van der Waals surface area contributed by atoms with Crippen LogP contribution in [0.5, 0.6) is 0 Å². The lowest BCUT2D eigenvalue weighted by Crippen LogP contribution is -2.44. The van der Waals surface area contributed by atoms with Crippen molar-refractivity contribution in [3.05, 3.63) is 35.4 Å². The zero-order valence-electron chi connectivity index (χ0n) is 12.6. The average Bonchev–Trinajstić information content (AvgIpc) is 2.47. The monoisotopic (exact) mass is 279 g/mol. The fourth-order valence-corrected chi connectivity index (χ4v) is 2.30. The Kier molecular flexibility index (Phi) is 6.68. The number of carbonyl (C=O) groups is 1. The fourth-order valence-electron chi connectivity index (χ4n) is 2.30. The first-order chi connectivity index (χ1) is 9.60. The molecule has 112 valence electrons. The second kappa shape index (κ2) is 8.02. The summed E-state index contributed by atoms with van der Waals surface area (Å²) in [7, 11) is 1.40. The predicted molar refractivity (Wildman–Crippen MR) is 79.7 cm³/mol. The van der Waals surface area contributed by atoms with Gasteiger partial charge >= 0.3 is 5.97 Å². The normalized spacial score (nSPS) is 13.8. The molecule has 0 aliphatic carbocycles. The Balaban J connectivity index is 3.02. The molecule has 0 aromatic heterocycles. The maximum Gasteiger partial charge on any atom is 0.317 e. The molecular weight excluding hydrogens is 254 g/mol. The Labute approximate surface area is 121 Å². The van der Waals surface area contributed by atoms with Crippen LogP contribution >= 0.6 is 0 Å². The highest BCUT2D eigenvalue weighted by Crippen LogP contribution is 2.29. The van der Waals surface area contributed by atoms with E-state index < -0.39 is 5.41 Å². The maximum atomic E-state index is 12.3. The Morgan fingerprint density at radius 3 is 2.65 bits per heavy atom. The smallest absolute Gasteiger partial charge is 0.317 e. The highest BCUT2D eigenvalue weighted by atomic mass is 16.5. The Morgan fingerprint density at radius 2 is 2.10 bits per heavy atom. The SMILES string of the molecule is CCCOCCC(CN)(C(=O)OC)c1cccc(C)c1. The number of aryl methyl sites for hydroxylation is 1. The van der Waals surface area contributed by atoms with Crippen molar-refractivity contribution in [2.24, 2.45) is 5.73 Å². The Morgan fingerprint density at radius 1 is 1.35 bits per heavy atom. The van der Waals surface area contributed by atoms with Crippen LogP contribution in [0.2, 0.25) is 0 Å². The number of hydrogen-bond acceptors (Lipinski definition) is 4. The summed E-state index contributed by atoms with van der Waals surface area (Å²) in [6.45, 7) is 5.44. The Hall–Kier alpha value is -1.39. The molecule has 1 aromatic rings. The lowest BCUT2D eigenvalue weighted by atomic mass is 9.77. The van der Waals surface area contributed by atoms with Crippen LogP contribution in [0.15, 0.2) is 24.3 Å². The third-order valence-electron chi connectivity index (χ3n) is 3.52. The van der Waals surface area contributed by atoms with Gasteiger partial charge in [-0.1, -0.05) is 36.8 Å². The van der Waals surface area contributed by atoms with E-state index in [9.17, 15) is 4.79 Å². The van der Waals surface area contributed by atoms with Crippen molar-refractivity contribution >= 4 is 5.97 Å². The molecule has 0 aliphatic heterocycles. The van der Waals surface area contributed by atoms with E-state index in [4.69, 9.17) is 15.2 Å². The van der Waals surface area contributed by atoms with Crippen LogP contribution < -0.4 is 5.73 Å². The van der Waals surface area contributed by atoms with Crippen molar-refractivity contribution in [2.75, 3.05) is 26.9 Å². The van der Waals surface area contributed by atoms with E-state index in [1.54, 1.807) is 0 Å². The standard InChI is InChI=1S/C16H25NO3/c1-4-9-20-10-8-16(12-17,15(18)19-3)14-7-5-6-13(2)11-14/h5-7,11H,4,8-10,12,17H2,1-3H3. The second-order valence-electron chi connectivity index (χ2n) is 5.01. The number of benzene rings is 1. The van der Waals surface area contributed by atoms with Gasteiger partial charge in [0.15, 0.2) is 0 Å². The molecule has 1 aromatic carbocycles. The molecule has 0 heterocycles. The van der Waals surface area contributed by atoms with Crippen LogP contribution in [0.4, 0.5) is 0 Å². The van der Waals surface area contributed by atoms with E-state index in [-0.39, 0.29) is 12.5 Å². The number of carbonyl (C=O) groups excluding carboxylic acids is 1. The summed E-state index contributed by atoms with van der Waals surface area (Å²) in [6, 6.07) is 7.85. The van der Waals surface area contributed by atoms with Gasteiger partial charge in [0.25, 0.3) is 0 Å². The topological polar surface area (TPSA) is 61.5 Å². The molecule has 0 amide bonds. The van der Waals surface area contributed by atoms with Crippen LogP contribution in [0.25, 0.3) is 0 Å². The molecule has 0 saturated carbocycles. The number of esters is 1. The predicted octanol–water partition coefficient (Wildman–Crippen LogP) is 2.18. The third-order valence-corrected chi connectivity index (χ3v) is 3.52. The van der Waals surface area contributed by atoms with Crippen molar-refractivity contribution in [1.82, 2.24) is 0 Å². The van der Waals surface area contributed by atoms with Crippen molar-refractivity contribution in [3.8, 4) is 0 Å². The van der Waals surface area contributed by atoms with Gasteiger partial charge in [-0.15, -0.1) is 0 Å². The summed E-state index contributed by atoms with van der Waals surface area (Å²) in [5, 5.41) is 0. The van der Waals surface area contributed by atoms with Crippen molar-refractivity contribution < 1.29 is 14.3 Å². The van der Waals surface area contributed by atoms with Gasteiger partial charge in [-0.3, -0.25) is 4.79 Å². The lowest BCUT2D eigenvalue weighted by Gasteiger charge is -2.30. The highest BCUT2D eigenvalue weighted by molar-refractivity contribution is 5.83. The van der Waals surface area contributed by atoms with E-state index in [0.29, 0.717) is 19.6 Å². The van der Waals surface area contributed by atoms with Gasteiger partial charge in [-0.25, -0.2) is 0 Å². The van der Waals surface area contributed by atoms with E-state index in [1.165, 1.54) is 7.11 Å². The lowest BCUT2D eigenvalue weighted by molar-refractivity contribution is -0.148. The first-order valence-corrected chi connectivity index (χ1v) is 7.04. The Bertz CT molecular complexity index is 433. The molecule has 0 fully saturated rings. The van der Waals surface area contributed by atoms with Crippen molar-refractivity contribution in [3.63, 3.8) is 0 Å². The molecule has 20 heavy (non-hydrogen) atoms. The van der Waals surface area contributed by atoms with Crippen LogP contribution in [0.3, 0.4) is 0 Å². The van der Waals surface area contributed by atoms with Gasteiger partial charge < -0.3 is 15.2 Å². The second-order valence-corrected chi connectivity index (χ2v) is 5.01. The summed E-state index contributed by atoms with van der Waals surface area (Å²) in [5.41, 5.74) is 7.09. The molecule has 2 N–H and O–H groups in total.